The van der Waals surface area contributed by atoms with Crippen LogP contribution in [0.25, 0.3) is 0 Å². The van der Waals surface area contributed by atoms with Crippen LogP contribution in [0.1, 0.15) is 29.8 Å². The van der Waals surface area contributed by atoms with Gasteiger partial charge in [-0.2, -0.15) is 0 Å². The van der Waals surface area contributed by atoms with Crippen molar-refractivity contribution in [3.63, 3.8) is 0 Å². The second-order valence-electron chi connectivity index (χ2n) is 6.25. The molecular weight excluding hydrogens is 359 g/mol. The number of aliphatic imine (C=N–C) groups is 1. The predicted octanol–water partition coefficient (Wildman–Crippen LogP) is 2.71. The molecule has 0 aromatic heterocycles. The molecule has 0 fully saturated rings. The standard InChI is InChI=1S/C21H27FN4O2/c1-4-24-20(27)17-7-5-16(6-8-17)14-26-21(23-3)25-13-15(2)28-19-11-9-18(22)10-12-19/h5-12,15H,4,13-14H2,1-3H3,(H,24,27)(H2,23,25,26). The summed E-state index contributed by atoms with van der Waals surface area (Å²) in [6.07, 6.45) is -0.125. The molecule has 150 valence electrons. The fraction of sp³-hybridized carbons (Fsp3) is 0.333. The van der Waals surface area contributed by atoms with E-state index in [1.54, 1.807) is 31.3 Å². The molecule has 1 unspecified atom stereocenters. The van der Waals surface area contributed by atoms with E-state index in [2.05, 4.69) is 20.9 Å². The molecular formula is C21H27FN4O2. The molecule has 0 spiro atoms. The summed E-state index contributed by atoms with van der Waals surface area (Å²) in [4.78, 5) is 16.0. The Labute approximate surface area is 165 Å². The summed E-state index contributed by atoms with van der Waals surface area (Å²) in [5.41, 5.74) is 1.67. The van der Waals surface area contributed by atoms with E-state index in [0.717, 1.165) is 5.56 Å². The summed E-state index contributed by atoms with van der Waals surface area (Å²) in [6.45, 7) is 5.52. The third-order valence-electron chi connectivity index (χ3n) is 3.94. The second kappa shape index (κ2) is 10.9. The highest BCUT2D eigenvalue weighted by Gasteiger charge is 2.07. The van der Waals surface area contributed by atoms with E-state index in [-0.39, 0.29) is 17.8 Å². The number of hydrogen-bond donors (Lipinski definition) is 3. The van der Waals surface area contributed by atoms with Crippen LogP contribution in [0, 0.1) is 5.82 Å². The molecule has 7 heteroatoms. The topological polar surface area (TPSA) is 74.8 Å². The van der Waals surface area contributed by atoms with Gasteiger partial charge in [0.25, 0.3) is 5.91 Å². The lowest BCUT2D eigenvalue weighted by Crippen LogP contribution is -2.41. The zero-order valence-corrected chi connectivity index (χ0v) is 16.5. The number of halogens is 1. The third-order valence-corrected chi connectivity index (χ3v) is 3.94. The van der Waals surface area contributed by atoms with Gasteiger partial charge >= 0.3 is 0 Å². The smallest absolute Gasteiger partial charge is 0.251 e. The Hall–Kier alpha value is -3.09. The highest BCUT2D eigenvalue weighted by atomic mass is 19.1. The summed E-state index contributed by atoms with van der Waals surface area (Å²) in [6, 6.07) is 13.4. The van der Waals surface area contributed by atoms with Gasteiger partial charge in [0.1, 0.15) is 17.7 Å². The summed E-state index contributed by atoms with van der Waals surface area (Å²) in [7, 11) is 1.69. The minimum atomic E-state index is -0.290. The molecule has 0 aliphatic heterocycles. The molecule has 1 amide bonds. The van der Waals surface area contributed by atoms with Crippen LogP contribution in [-0.2, 0) is 6.54 Å². The van der Waals surface area contributed by atoms with Crippen molar-refractivity contribution in [2.45, 2.75) is 26.5 Å². The fourth-order valence-corrected chi connectivity index (χ4v) is 2.47. The molecule has 2 aromatic carbocycles. The number of nitrogens with one attached hydrogen (secondary N) is 3. The molecule has 0 aliphatic rings. The molecule has 0 saturated heterocycles. The lowest BCUT2D eigenvalue weighted by molar-refractivity contribution is 0.0956. The highest BCUT2D eigenvalue weighted by molar-refractivity contribution is 5.94. The van der Waals surface area contributed by atoms with Gasteiger partial charge in [0.15, 0.2) is 5.96 Å². The molecule has 0 heterocycles. The zero-order chi connectivity index (χ0) is 20.4. The van der Waals surface area contributed by atoms with E-state index in [1.807, 2.05) is 26.0 Å². The number of benzene rings is 2. The molecule has 3 N–H and O–H groups in total. The number of hydrogen-bond acceptors (Lipinski definition) is 3. The first-order valence-corrected chi connectivity index (χ1v) is 9.25. The SMILES string of the molecule is CCNC(=O)c1ccc(CNC(=NC)NCC(C)Oc2ccc(F)cc2)cc1. The van der Waals surface area contributed by atoms with Crippen LogP contribution < -0.4 is 20.7 Å². The van der Waals surface area contributed by atoms with Crippen molar-refractivity contribution in [3.8, 4) is 5.75 Å². The maximum atomic E-state index is 12.9. The van der Waals surface area contributed by atoms with Crippen molar-refractivity contribution in [2.24, 2.45) is 4.99 Å². The average molecular weight is 386 g/mol. The number of guanidine groups is 1. The summed E-state index contributed by atoms with van der Waals surface area (Å²) >= 11 is 0. The van der Waals surface area contributed by atoms with Crippen molar-refractivity contribution in [1.29, 1.82) is 0 Å². The second-order valence-corrected chi connectivity index (χ2v) is 6.25. The van der Waals surface area contributed by atoms with Gasteiger partial charge in [-0.3, -0.25) is 9.79 Å². The minimum Gasteiger partial charge on any atom is -0.489 e. The number of ether oxygens (including phenoxy) is 1. The Kier molecular flexibility index (Phi) is 8.27. The van der Waals surface area contributed by atoms with Crippen molar-refractivity contribution in [1.82, 2.24) is 16.0 Å². The maximum absolute atomic E-state index is 12.9. The third kappa shape index (κ3) is 6.90. The Morgan fingerprint density at radius 1 is 1.07 bits per heavy atom. The summed E-state index contributed by atoms with van der Waals surface area (Å²) in [5, 5.41) is 9.19. The Bertz CT molecular complexity index is 776. The summed E-state index contributed by atoms with van der Waals surface area (Å²) < 4.78 is 18.7. The van der Waals surface area contributed by atoms with E-state index < -0.39 is 0 Å². The number of carbonyl (C=O) groups excluding carboxylic acids is 1. The molecule has 0 aliphatic carbocycles. The first-order valence-electron chi connectivity index (χ1n) is 9.25. The predicted molar refractivity (Wildman–Crippen MR) is 109 cm³/mol. The van der Waals surface area contributed by atoms with Gasteiger partial charge < -0.3 is 20.7 Å². The van der Waals surface area contributed by atoms with Crippen LogP contribution in [0.4, 0.5) is 4.39 Å². The minimum absolute atomic E-state index is 0.0744. The molecule has 0 radical (unpaired) electrons. The first kappa shape index (κ1) is 21.2. The van der Waals surface area contributed by atoms with E-state index in [0.29, 0.717) is 36.9 Å². The monoisotopic (exact) mass is 386 g/mol. The van der Waals surface area contributed by atoms with Gasteiger partial charge in [-0.05, 0) is 55.8 Å². The van der Waals surface area contributed by atoms with Crippen LogP contribution in [0.5, 0.6) is 5.75 Å². The lowest BCUT2D eigenvalue weighted by Gasteiger charge is -2.18. The van der Waals surface area contributed by atoms with Crippen LogP contribution in [0.15, 0.2) is 53.5 Å². The van der Waals surface area contributed by atoms with Gasteiger partial charge in [0, 0.05) is 25.7 Å². The average Bonchev–Trinajstić information content (AvgIpc) is 2.70. The molecule has 28 heavy (non-hydrogen) atoms. The maximum Gasteiger partial charge on any atom is 0.251 e. The van der Waals surface area contributed by atoms with Crippen LogP contribution in [-0.4, -0.2) is 38.1 Å². The zero-order valence-electron chi connectivity index (χ0n) is 16.5. The van der Waals surface area contributed by atoms with E-state index in [9.17, 15) is 9.18 Å². The van der Waals surface area contributed by atoms with Gasteiger partial charge in [-0.1, -0.05) is 12.1 Å². The van der Waals surface area contributed by atoms with Crippen LogP contribution in [0.3, 0.4) is 0 Å². The molecule has 0 saturated carbocycles. The normalized spacial score (nSPS) is 12.2. The Morgan fingerprint density at radius 2 is 1.75 bits per heavy atom. The highest BCUT2D eigenvalue weighted by Crippen LogP contribution is 2.12. The van der Waals surface area contributed by atoms with Gasteiger partial charge in [0.05, 0.1) is 6.54 Å². The van der Waals surface area contributed by atoms with Gasteiger partial charge in [0.2, 0.25) is 0 Å². The quantitative estimate of drug-likeness (QED) is 0.482. The Balaban J connectivity index is 1.77. The van der Waals surface area contributed by atoms with Crippen LogP contribution >= 0.6 is 0 Å². The summed E-state index contributed by atoms with van der Waals surface area (Å²) in [5.74, 6) is 0.893. The van der Waals surface area contributed by atoms with Crippen molar-refractivity contribution >= 4 is 11.9 Å². The molecule has 0 bridgehead atoms. The van der Waals surface area contributed by atoms with Gasteiger partial charge in [-0.15, -0.1) is 0 Å². The first-order chi connectivity index (χ1) is 13.5. The van der Waals surface area contributed by atoms with E-state index in [4.69, 9.17) is 4.74 Å². The van der Waals surface area contributed by atoms with Gasteiger partial charge in [-0.25, -0.2) is 4.39 Å². The van der Waals surface area contributed by atoms with E-state index >= 15 is 0 Å². The molecule has 6 nitrogen and oxygen atoms in total. The molecule has 1 atom stereocenters. The van der Waals surface area contributed by atoms with E-state index in [1.165, 1.54) is 12.1 Å². The number of carbonyl (C=O) groups is 1. The lowest BCUT2D eigenvalue weighted by atomic mass is 10.1. The molecule has 2 aromatic rings. The molecule has 2 rings (SSSR count). The fourth-order valence-electron chi connectivity index (χ4n) is 2.47. The van der Waals surface area contributed by atoms with Crippen molar-refractivity contribution in [2.75, 3.05) is 20.1 Å². The number of amides is 1. The van der Waals surface area contributed by atoms with Crippen molar-refractivity contribution < 1.29 is 13.9 Å². The largest absolute Gasteiger partial charge is 0.489 e. The van der Waals surface area contributed by atoms with Crippen molar-refractivity contribution in [3.05, 3.63) is 65.5 Å². The Morgan fingerprint density at radius 3 is 2.36 bits per heavy atom. The number of rotatable bonds is 8. The number of nitrogens with zero attached hydrogens (tertiary/aromatic N) is 1. The van der Waals surface area contributed by atoms with Crippen LogP contribution in [0.2, 0.25) is 0 Å².